The lowest BCUT2D eigenvalue weighted by Crippen LogP contribution is -2.38. The zero-order valence-electron chi connectivity index (χ0n) is 11.1. The molecule has 0 bridgehead atoms. The zero-order valence-corrected chi connectivity index (χ0v) is 11.1. The Morgan fingerprint density at radius 1 is 1.37 bits per heavy atom. The topological polar surface area (TPSA) is 77.8 Å². The van der Waals surface area contributed by atoms with Gasteiger partial charge in [0.15, 0.2) is 0 Å². The van der Waals surface area contributed by atoms with E-state index in [4.69, 9.17) is 10.3 Å². The molecule has 0 amide bonds. The standard InChI is InChI=1S/C14H18N4O/c1-10-9-16-7-4-11(10)13-17-12(19-18-13)8-14(15)5-2-3-6-14/h4,7,9H,2-3,5-6,8,15H2,1H3. The Morgan fingerprint density at radius 3 is 2.89 bits per heavy atom. The molecule has 5 heteroatoms. The van der Waals surface area contributed by atoms with Gasteiger partial charge in [-0.2, -0.15) is 4.98 Å². The van der Waals surface area contributed by atoms with Crippen molar-refractivity contribution in [2.24, 2.45) is 5.73 Å². The third kappa shape index (κ3) is 2.51. The summed E-state index contributed by atoms with van der Waals surface area (Å²) in [5.74, 6) is 1.26. The Hall–Kier alpha value is -1.75. The van der Waals surface area contributed by atoms with Gasteiger partial charge in [0, 0.05) is 29.9 Å². The van der Waals surface area contributed by atoms with E-state index >= 15 is 0 Å². The molecule has 0 spiro atoms. The van der Waals surface area contributed by atoms with E-state index in [2.05, 4.69) is 15.1 Å². The van der Waals surface area contributed by atoms with Crippen LogP contribution >= 0.6 is 0 Å². The zero-order chi connectivity index (χ0) is 13.3. The van der Waals surface area contributed by atoms with Crippen molar-refractivity contribution in [3.8, 4) is 11.4 Å². The molecule has 1 aliphatic rings. The fraction of sp³-hybridized carbons (Fsp3) is 0.500. The number of aryl methyl sites for hydroxylation is 1. The smallest absolute Gasteiger partial charge is 0.228 e. The van der Waals surface area contributed by atoms with Gasteiger partial charge in [-0.25, -0.2) is 0 Å². The minimum absolute atomic E-state index is 0.156. The van der Waals surface area contributed by atoms with Crippen molar-refractivity contribution < 1.29 is 4.52 Å². The van der Waals surface area contributed by atoms with Crippen LogP contribution in [0.2, 0.25) is 0 Å². The Labute approximate surface area is 112 Å². The first-order valence-electron chi connectivity index (χ1n) is 6.69. The predicted molar refractivity (Wildman–Crippen MR) is 71.4 cm³/mol. The van der Waals surface area contributed by atoms with E-state index in [-0.39, 0.29) is 5.54 Å². The van der Waals surface area contributed by atoms with Crippen molar-refractivity contribution in [2.75, 3.05) is 0 Å². The number of hydrogen-bond donors (Lipinski definition) is 1. The molecule has 0 saturated heterocycles. The van der Waals surface area contributed by atoms with Gasteiger partial charge in [0.2, 0.25) is 11.7 Å². The number of nitrogens with zero attached hydrogens (tertiary/aromatic N) is 3. The molecule has 1 aliphatic carbocycles. The fourth-order valence-corrected chi connectivity index (χ4v) is 2.72. The van der Waals surface area contributed by atoms with Crippen molar-refractivity contribution in [1.29, 1.82) is 0 Å². The van der Waals surface area contributed by atoms with Crippen molar-refractivity contribution in [1.82, 2.24) is 15.1 Å². The third-order valence-electron chi connectivity index (χ3n) is 3.83. The van der Waals surface area contributed by atoms with Crippen LogP contribution in [0.3, 0.4) is 0 Å². The number of pyridine rings is 1. The average molecular weight is 258 g/mol. The van der Waals surface area contributed by atoms with E-state index in [0.29, 0.717) is 18.1 Å². The van der Waals surface area contributed by atoms with Crippen LogP contribution in [-0.2, 0) is 6.42 Å². The first kappa shape index (κ1) is 12.3. The Balaban J connectivity index is 1.82. The second-order valence-corrected chi connectivity index (χ2v) is 5.45. The molecule has 2 N–H and O–H groups in total. The number of hydrogen-bond acceptors (Lipinski definition) is 5. The molecule has 100 valence electrons. The van der Waals surface area contributed by atoms with Crippen LogP contribution in [0.5, 0.6) is 0 Å². The molecule has 19 heavy (non-hydrogen) atoms. The van der Waals surface area contributed by atoms with E-state index in [1.165, 1.54) is 12.8 Å². The molecule has 2 aromatic heterocycles. The maximum Gasteiger partial charge on any atom is 0.228 e. The van der Waals surface area contributed by atoms with Gasteiger partial charge in [-0.3, -0.25) is 4.98 Å². The Morgan fingerprint density at radius 2 is 2.16 bits per heavy atom. The summed E-state index contributed by atoms with van der Waals surface area (Å²) in [6.45, 7) is 1.99. The molecule has 3 rings (SSSR count). The summed E-state index contributed by atoms with van der Waals surface area (Å²) in [7, 11) is 0. The normalized spacial score (nSPS) is 17.8. The van der Waals surface area contributed by atoms with Crippen LogP contribution in [0.25, 0.3) is 11.4 Å². The highest BCUT2D eigenvalue weighted by Crippen LogP contribution is 2.30. The summed E-state index contributed by atoms with van der Waals surface area (Å²) in [6.07, 6.45) is 8.68. The summed E-state index contributed by atoms with van der Waals surface area (Å²) < 4.78 is 5.34. The molecule has 1 fully saturated rings. The van der Waals surface area contributed by atoms with Crippen LogP contribution in [0, 0.1) is 6.92 Å². The molecule has 0 atom stereocenters. The van der Waals surface area contributed by atoms with Crippen LogP contribution in [0.4, 0.5) is 0 Å². The molecule has 0 radical (unpaired) electrons. The van der Waals surface area contributed by atoms with E-state index in [0.717, 1.165) is 24.0 Å². The van der Waals surface area contributed by atoms with Crippen LogP contribution < -0.4 is 5.73 Å². The van der Waals surface area contributed by atoms with Gasteiger partial charge in [0.1, 0.15) is 0 Å². The first-order valence-corrected chi connectivity index (χ1v) is 6.69. The lowest BCUT2D eigenvalue weighted by Gasteiger charge is -2.20. The van der Waals surface area contributed by atoms with E-state index in [1.807, 2.05) is 13.0 Å². The minimum atomic E-state index is -0.156. The highest BCUT2D eigenvalue weighted by Gasteiger charge is 2.31. The molecule has 5 nitrogen and oxygen atoms in total. The van der Waals surface area contributed by atoms with E-state index in [9.17, 15) is 0 Å². The van der Waals surface area contributed by atoms with Gasteiger partial charge in [0.25, 0.3) is 0 Å². The molecule has 0 aliphatic heterocycles. The Kier molecular flexibility index (Phi) is 3.06. The highest BCUT2D eigenvalue weighted by molar-refractivity contribution is 5.57. The number of aromatic nitrogens is 3. The maximum atomic E-state index is 6.33. The number of nitrogens with two attached hydrogens (primary N) is 1. The van der Waals surface area contributed by atoms with Crippen LogP contribution in [-0.4, -0.2) is 20.7 Å². The van der Waals surface area contributed by atoms with E-state index < -0.39 is 0 Å². The monoisotopic (exact) mass is 258 g/mol. The second kappa shape index (κ2) is 4.74. The fourth-order valence-electron chi connectivity index (χ4n) is 2.72. The summed E-state index contributed by atoms with van der Waals surface area (Å²) in [4.78, 5) is 8.53. The molecule has 2 aromatic rings. The summed E-state index contributed by atoms with van der Waals surface area (Å²) in [5, 5.41) is 4.05. The average Bonchev–Trinajstić information content (AvgIpc) is 3.00. The van der Waals surface area contributed by atoms with Crippen LogP contribution in [0.15, 0.2) is 23.0 Å². The van der Waals surface area contributed by atoms with Crippen molar-refractivity contribution in [3.63, 3.8) is 0 Å². The molecule has 0 unspecified atom stereocenters. The van der Waals surface area contributed by atoms with Gasteiger partial charge in [-0.05, 0) is 31.4 Å². The molecule has 0 aromatic carbocycles. The summed E-state index contributed by atoms with van der Waals surface area (Å²) in [6, 6.07) is 1.90. The highest BCUT2D eigenvalue weighted by atomic mass is 16.5. The van der Waals surface area contributed by atoms with Gasteiger partial charge < -0.3 is 10.3 Å². The lowest BCUT2D eigenvalue weighted by atomic mass is 9.95. The minimum Gasteiger partial charge on any atom is -0.339 e. The summed E-state index contributed by atoms with van der Waals surface area (Å²) >= 11 is 0. The van der Waals surface area contributed by atoms with Crippen molar-refractivity contribution in [3.05, 3.63) is 29.9 Å². The molecule has 1 saturated carbocycles. The maximum absolute atomic E-state index is 6.33. The predicted octanol–water partition coefficient (Wildman–Crippen LogP) is 2.25. The van der Waals surface area contributed by atoms with Gasteiger partial charge in [0.05, 0.1) is 0 Å². The number of rotatable bonds is 3. The SMILES string of the molecule is Cc1cnccc1-c1noc(CC2(N)CCCC2)n1. The largest absolute Gasteiger partial charge is 0.339 e. The summed E-state index contributed by atoms with van der Waals surface area (Å²) in [5.41, 5.74) is 8.18. The van der Waals surface area contributed by atoms with Crippen molar-refractivity contribution in [2.45, 2.75) is 44.6 Å². The lowest BCUT2D eigenvalue weighted by molar-refractivity contribution is 0.329. The van der Waals surface area contributed by atoms with E-state index in [1.54, 1.807) is 12.4 Å². The Bertz CT molecular complexity index is 572. The second-order valence-electron chi connectivity index (χ2n) is 5.45. The van der Waals surface area contributed by atoms with Crippen LogP contribution in [0.1, 0.15) is 37.1 Å². The quantitative estimate of drug-likeness (QED) is 0.913. The van der Waals surface area contributed by atoms with Crippen molar-refractivity contribution >= 4 is 0 Å². The first-order chi connectivity index (χ1) is 9.16. The molecule has 2 heterocycles. The third-order valence-corrected chi connectivity index (χ3v) is 3.83. The molecular weight excluding hydrogens is 240 g/mol. The van der Waals surface area contributed by atoms with Gasteiger partial charge in [-0.15, -0.1) is 0 Å². The van der Waals surface area contributed by atoms with Gasteiger partial charge in [-0.1, -0.05) is 18.0 Å². The molecular formula is C14H18N4O. The van der Waals surface area contributed by atoms with Gasteiger partial charge >= 0.3 is 0 Å².